The molecule has 0 spiro atoms. The Bertz CT molecular complexity index is 334. The van der Waals surface area contributed by atoms with Crippen molar-refractivity contribution in [2.24, 2.45) is 0 Å². The van der Waals surface area contributed by atoms with Crippen molar-refractivity contribution in [3.05, 3.63) is 17.5 Å². The van der Waals surface area contributed by atoms with Gasteiger partial charge in [-0.15, -0.1) is 0 Å². The number of hydrogen-bond acceptors (Lipinski definition) is 4. The average Bonchev–Trinajstić information content (AvgIpc) is 2.59. The zero-order valence-corrected chi connectivity index (χ0v) is 9.27. The SMILES string of the molecule is CN(C)CCn1cc2c(n1)CNCC2O. The third-order valence-electron chi connectivity index (χ3n) is 2.64. The number of fused-ring (bicyclic) bond motifs is 1. The highest BCUT2D eigenvalue weighted by Crippen LogP contribution is 2.20. The van der Waals surface area contributed by atoms with E-state index in [0.29, 0.717) is 6.54 Å². The summed E-state index contributed by atoms with van der Waals surface area (Å²) < 4.78 is 1.92. The number of nitrogens with zero attached hydrogens (tertiary/aromatic N) is 3. The van der Waals surface area contributed by atoms with Crippen LogP contribution in [0.4, 0.5) is 0 Å². The van der Waals surface area contributed by atoms with E-state index in [4.69, 9.17) is 0 Å². The summed E-state index contributed by atoms with van der Waals surface area (Å²) in [6, 6.07) is 0. The quantitative estimate of drug-likeness (QED) is 0.711. The van der Waals surface area contributed by atoms with E-state index >= 15 is 0 Å². The molecule has 1 unspecified atom stereocenters. The Hall–Kier alpha value is -0.910. The van der Waals surface area contributed by atoms with Gasteiger partial charge in [0.2, 0.25) is 0 Å². The maximum atomic E-state index is 9.73. The van der Waals surface area contributed by atoms with Gasteiger partial charge >= 0.3 is 0 Å². The standard InChI is InChI=1S/C10H18N4O/c1-13(2)3-4-14-7-8-9(12-14)5-11-6-10(8)15/h7,10-11,15H,3-6H2,1-2H3. The van der Waals surface area contributed by atoms with E-state index in [0.717, 1.165) is 30.9 Å². The Labute approximate surface area is 89.7 Å². The number of likely N-dealkylation sites (N-methyl/N-ethyl adjacent to an activating group) is 1. The molecule has 0 amide bonds. The molecule has 1 aliphatic heterocycles. The first-order valence-corrected chi connectivity index (χ1v) is 5.26. The first-order valence-electron chi connectivity index (χ1n) is 5.26. The van der Waals surface area contributed by atoms with Crippen LogP contribution in [0.2, 0.25) is 0 Å². The third kappa shape index (κ3) is 2.37. The molecule has 1 atom stereocenters. The van der Waals surface area contributed by atoms with E-state index in [1.807, 2.05) is 25.0 Å². The van der Waals surface area contributed by atoms with Gasteiger partial charge in [0.15, 0.2) is 0 Å². The molecular weight excluding hydrogens is 192 g/mol. The number of rotatable bonds is 3. The maximum absolute atomic E-state index is 9.73. The molecule has 5 heteroatoms. The highest BCUT2D eigenvalue weighted by atomic mass is 16.3. The first-order chi connectivity index (χ1) is 7.16. The fraction of sp³-hybridized carbons (Fsp3) is 0.700. The molecule has 0 aliphatic carbocycles. The molecule has 0 bridgehead atoms. The molecule has 2 heterocycles. The molecule has 1 aromatic rings. The zero-order chi connectivity index (χ0) is 10.8. The lowest BCUT2D eigenvalue weighted by atomic mass is 10.1. The topological polar surface area (TPSA) is 53.3 Å². The van der Waals surface area contributed by atoms with Gasteiger partial charge in [0.25, 0.3) is 0 Å². The van der Waals surface area contributed by atoms with Crippen LogP contribution < -0.4 is 5.32 Å². The average molecular weight is 210 g/mol. The van der Waals surface area contributed by atoms with Gasteiger partial charge in [-0.2, -0.15) is 5.10 Å². The molecule has 0 saturated heterocycles. The summed E-state index contributed by atoms with van der Waals surface area (Å²) in [6.07, 6.45) is 1.56. The summed E-state index contributed by atoms with van der Waals surface area (Å²) in [5.41, 5.74) is 1.96. The molecule has 2 rings (SSSR count). The molecule has 0 radical (unpaired) electrons. The van der Waals surface area contributed by atoms with Gasteiger partial charge < -0.3 is 15.3 Å². The summed E-state index contributed by atoms with van der Waals surface area (Å²) in [5.74, 6) is 0. The van der Waals surface area contributed by atoms with E-state index in [1.54, 1.807) is 0 Å². The second kappa shape index (κ2) is 4.30. The van der Waals surface area contributed by atoms with Crippen LogP contribution in [0.1, 0.15) is 17.4 Å². The van der Waals surface area contributed by atoms with E-state index in [2.05, 4.69) is 15.3 Å². The summed E-state index contributed by atoms with van der Waals surface area (Å²) in [7, 11) is 4.08. The van der Waals surface area contributed by atoms with E-state index in [-0.39, 0.29) is 0 Å². The highest BCUT2D eigenvalue weighted by molar-refractivity contribution is 5.22. The van der Waals surface area contributed by atoms with Gasteiger partial charge in [-0.25, -0.2) is 0 Å². The largest absolute Gasteiger partial charge is 0.387 e. The predicted molar refractivity (Wildman–Crippen MR) is 57.4 cm³/mol. The number of nitrogens with one attached hydrogen (secondary N) is 1. The highest BCUT2D eigenvalue weighted by Gasteiger charge is 2.20. The van der Waals surface area contributed by atoms with Crippen LogP contribution in [-0.4, -0.2) is 47.0 Å². The second-order valence-corrected chi connectivity index (χ2v) is 4.24. The van der Waals surface area contributed by atoms with Crippen molar-refractivity contribution in [1.82, 2.24) is 20.0 Å². The lowest BCUT2D eigenvalue weighted by molar-refractivity contribution is 0.165. The minimum absolute atomic E-state index is 0.401. The Morgan fingerprint density at radius 1 is 1.67 bits per heavy atom. The maximum Gasteiger partial charge on any atom is 0.0948 e. The Morgan fingerprint density at radius 3 is 3.13 bits per heavy atom. The molecule has 15 heavy (non-hydrogen) atoms. The van der Waals surface area contributed by atoms with Crippen LogP contribution in [0.3, 0.4) is 0 Å². The van der Waals surface area contributed by atoms with Crippen molar-refractivity contribution in [2.45, 2.75) is 19.2 Å². The van der Waals surface area contributed by atoms with Crippen LogP contribution in [0.5, 0.6) is 0 Å². The van der Waals surface area contributed by atoms with Crippen molar-refractivity contribution in [2.75, 3.05) is 27.2 Å². The Morgan fingerprint density at radius 2 is 2.47 bits per heavy atom. The van der Waals surface area contributed by atoms with Gasteiger partial charge in [0, 0.05) is 31.4 Å². The normalized spacial score (nSPS) is 20.7. The van der Waals surface area contributed by atoms with E-state index in [1.165, 1.54) is 0 Å². The van der Waals surface area contributed by atoms with Crippen LogP contribution in [0, 0.1) is 0 Å². The van der Waals surface area contributed by atoms with Gasteiger partial charge in [-0.05, 0) is 14.1 Å². The number of aliphatic hydroxyl groups excluding tert-OH is 1. The predicted octanol–water partition coefficient (Wildman–Crippen LogP) is -0.419. The third-order valence-corrected chi connectivity index (χ3v) is 2.64. The molecule has 0 fully saturated rings. The molecule has 0 saturated carbocycles. The molecule has 1 aromatic heterocycles. The number of aliphatic hydroxyl groups is 1. The molecule has 2 N–H and O–H groups in total. The molecular formula is C10H18N4O. The van der Waals surface area contributed by atoms with E-state index < -0.39 is 6.10 Å². The van der Waals surface area contributed by atoms with Crippen molar-refractivity contribution in [3.8, 4) is 0 Å². The monoisotopic (exact) mass is 210 g/mol. The van der Waals surface area contributed by atoms with Crippen molar-refractivity contribution in [3.63, 3.8) is 0 Å². The fourth-order valence-corrected chi connectivity index (χ4v) is 1.75. The second-order valence-electron chi connectivity index (χ2n) is 4.24. The minimum atomic E-state index is -0.401. The van der Waals surface area contributed by atoms with Crippen molar-refractivity contribution in [1.29, 1.82) is 0 Å². The smallest absolute Gasteiger partial charge is 0.0948 e. The summed E-state index contributed by atoms with van der Waals surface area (Å²) >= 11 is 0. The molecule has 1 aliphatic rings. The van der Waals surface area contributed by atoms with Gasteiger partial charge in [0.05, 0.1) is 18.3 Å². The minimum Gasteiger partial charge on any atom is -0.387 e. The van der Waals surface area contributed by atoms with Gasteiger partial charge in [-0.3, -0.25) is 4.68 Å². The van der Waals surface area contributed by atoms with Crippen LogP contribution >= 0.6 is 0 Å². The Balaban J connectivity index is 2.08. The molecule has 0 aromatic carbocycles. The summed E-state index contributed by atoms with van der Waals surface area (Å²) in [6.45, 7) is 3.23. The van der Waals surface area contributed by atoms with Crippen molar-refractivity contribution >= 4 is 0 Å². The van der Waals surface area contributed by atoms with Gasteiger partial charge in [0.1, 0.15) is 0 Å². The van der Waals surface area contributed by atoms with E-state index in [9.17, 15) is 5.11 Å². The van der Waals surface area contributed by atoms with Crippen LogP contribution in [-0.2, 0) is 13.1 Å². The lowest BCUT2D eigenvalue weighted by Crippen LogP contribution is -2.27. The number of hydrogen-bond donors (Lipinski definition) is 2. The number of β-amino-alcohol motifs (C(OH)–C–C–N with tert-alkyl or cyclic N) is 1. The fourth-order valence-electron chi connectivity index (χ4n) is 1.75. The first kappa shape index (κ1) is 10.6. The zero-order valence-electron chi connectivity index (χ0n) is 9.27. The van der Waals surface area contributed by atoms with Crippen LogP contribution in [0.15, 0.2) is 6.20 Å². The molecule has 5 nitrogen and oxygen atoms in total. The Kier molecular flexibility index (Phi) is 3.04. The lowest BCUT2D eigenvalue weighted by Gasteiger charge is -2.16. The summed E-state index contributed by atoms with van der Waals surface area (Å²) in [4.78, 5) is 2.12. The van der Waals surface area contributed by atoms with Crippen molar-refractivity contribution < 1.29 is 5.11 Å². The molecule has 84 valence electrons. The van der Waals surface area contributed by atoms with Crippen LogP contribution in [0.25, 0.3) is 0 Å². The number of aromatic nitrogens is 2. The summed E-state index contributed by atoms with van der Waals surface area (Å²) in [5, 5.41) is 17.3. The van der Waals surface area contributed by atoms with Gasteiger partial charge in [-0.1, -0.05) is 0 Å².